The van der Waals surface area contributed by atoms with Gasteiger partial charge in [-0.2, -0.15) is 0 Å². The normalized spacial score (nSPS) is 20.1. The summed E-state index contributed by atoms with van der Waals surface area (Å²) in [5, 5.41) is 19.5. The van der Waals surface area contributed by atoms with Gasteiger partial charge >= 0.3 is 0 Å². The molecule has 0 atom stereocenters. The van der Waals surface area contributed by atoms with Gasteiger partial charge < -0.3 is 5.26 Å². The van der Waals surface area contributed by atoms with Gasteiger partial charge in [-0.15, -0.1) is 0 Å². The van der Waals surface area contributed by atoms with E-state index >= 15 is 0 Å². The summed E-state index contributed by atoms with van der Waals surface area (Å²) in [6.45, 7) is 0. The summed E-state index contributed by atoms with van der Waals surface area (Å²) in [4.78, 5) is 4.60. The summed E-state index contributed by atoms with van der Waals surface area (Å²) in [6, 6.07) is 0. The Bertz CT molecular complexity index is 80.1. The molecule has 1 rings (SSSR count). The highest BCUT2D eigenvalue weighted by molar-refractivity contribution is 4.64. The molecule has 0 radical (unpaired) electrons. The van der Waals surface area contributed by atoms with E-state index in [0.717, 1.165) is 25.7 Å². The Morgan fingerprint density at radius 1 is 1.10 bits per heavy atom. The Hall–Kier alpha value is -0.200. The molecule has 0 saturated heterocycles. The highest BCUT2D eigenvalue weighted by atomic mass is 17.8. The van der Waals surface area contributed by atoms with Crippen LogP contribution in [0.4, 0.5) is 0 Å². The first-order valence-corrected chi connectivity index (χ1v) is 3.22. The lowest BCUT2D eigenvalue weighted by atomic mass is 10.3. The quantitative estimate of drug-likeness (QED) is 0.320. The highest BCUT2D eigenvalue weighted by Crippen LogP contribution is 2.20. The Kier molecular flexibility index (Phi) is 3.63. The van der Waals surface area contributed by atoms with Crippen LogP contribution in [0.5, 0.6) is 0 Å². The predicted molar refractivity (Wildman–Crippen MR) is 26.6 cm³/mol. The van der Waals surface area contributed by atoms with E-state index in [1.54, 1.807) is 0 Å². The van der Waals surface area contributed by atoms with Crippen molar-refractivity contribution >= 4 is 0 Å². The molecule has 0 heterocycles. The van der Waals surface area contributed by atoms with Gasteiger partial charge in [-0.25, -0.2) is 4.89 Å². The number of rotatable bonds is 4. The molecule has 0 N–H and O–H groups in total. The summed E-state index contributed by atoms with van der Waals surface area (Å²) in [5.41, 5.74) is 0. The van der Waals surface area contributed by atoms with E-state index in [4.69, 9.17) is 0 Å². The smallest absolute Gasteiger partial charge is 0.0962 e. The summed E-state index contributed by atoms with van der Waals surface area (Å²) >= 11 is 0. The maximum Gasteiger partial charge on any atom is 0.0962 e. The van der Waals surface area contributed by atoms with Crippen LogP contribution in [0.15, 0.2) is 0 Å². The van der Waals surface area contributed by atoms with Crippen LogP contribution in [0.25, 0.3) is 0 Å². The van der Waals surface area contributed by atoms with Crippen molar-refractivity contribution in [3.63, 3.8) is 0 Å². The van der Waals surface area contributed by atoms with Crippen molar-refractivity contribution in [3.05, 3.63) is 0 Å². The summed E-state index contributed by atoms with van der Waals surface area (Å²) in [5.74, 6) is 0. The molecular weight excluding hydrogens is 140 g/mol. The standard InChI is InChI=1S/C5H10O5/c6-8-10-9-7-5-3-1-2-4-5/h5-6H,1-4H2/p-1. The molecule has 5 nitrogen and oxygen atoms in total. The van der Waals surface area contributed by atoms with E-state index in [2.05, 4.69) is 20.0 Å². The molecule has 0 aromatic rings. The Balaban J connectivity index is 1.91. The second-order valence-corrected chi connectivity index (χ2v) is 2.21. The molecule has 0 unspecified atom stereocenters. The van der Waals surface area contributed by atoms with Gasteiger partial charge in [0.2, 0.25) is 0 Å². The van der Waals surface area contributed by atoms with Crippen LogP contribution in [0.3, 0.4) is 0 Å². The van der Waals surface area contributed by atoms with Crippen LogP contribution < -0.4 is 5.26 Å². The average Bonchev–Trinajstić information content (AvgIpc) is 2.41. The second kappa shape index (κ2) is 4.59. The first-order chi connectivity index (χ1) is 4.93. The fourth-order valence-electron chi connectivity index (χ4n) is 1.07. The minimum absolute atomic E-state index is 0.0511. The van der Waals surface area contributed by atoms with Crippen LogP contribution in [-0.2, 0) is 20.0 Å². The SMILES string of the molecule is [O-]OOOOC1CCCC1. The molecule has 0 aromatic carbocycles. The lowest BCUT2D eigenvalue weighted by molar-refractivity contribution is -0.876. The van der Waals surface area contributed by atoms with E-state index in [9.17, 15) is 5.26 Å². The van der Waals surface area contributed by atoms with Crippen molar-refractivity contribution in [2.75, 3.05) is 0 Å². The Morgan fingerprint density at radius 3 is 2.40 bits per heavy atom. The number of hydrogen-bond donors (Lipinski definition) is 0. The van der Waals surface area contributed by atoms with Crippen molar-refractivity contribution in [2.45, 2.75) is 31.8 Å². The Morgan fingerprint density at radius 2 is 1.80 bits per heavy atom. The predicted octanol–water partition coefficient (Wildman–Crippen LogP) is 0.0157. The summed E-state index contributed by atoms with van der Waals surface area (Å²) in [6.07, 6.45) is 4.21. The van der Waals surface area contributed by atoms with Crippen molar-refractivity contribution in [2.24, 2.45) is 0 Å². The first kappa shape index (κ1) is 7.90. The van der Waals surface area contributed by atoms with E-state index in [0.29, 0.717) is 0 Å². The third-order valence-corrected chi connectivity index (χ3v) is 1.53. The second-order valence-electron chi connectivity index (χ2n) is 2.21. The van der Waals surface area contributed by atoms with Crippen LogP contribution >= 0.6 is 0 Å². The molecule has 1 aliphatic rings. The third kappa shape index (κ3) is 2.59. The topological polar surface area (TPSA) is 60.0 Å². The summed E-state index contributed by atoms with van der Waals surface area (Å²) in [7, 11) is 0. The largest absolute Gasteiger partial charge is 0.689 e. The molecule has 1 aliphatic carbocycles. The van der Waals surface area contributed by atoms with Gasteiger partial charge in [-0.05, 0) is 22.9 Å². The number of hydrogen-bond acceptors (Lipinski definition) is 5. The minimum Gasteiger partial charge on any atom is -0.689 e. The molecular formula is C5H9O5-. The molecule has 0 spiro atoms. The van der Waals surface area contributed by atoms with E-state index in [1.807, 2.05) is 0 Å². The lowest BCUT2D eigenvalue weighted by Gasteiger charge is -2.07. The fourth-order valence-corrected chi connectivity index (χ4v) is 1.07. The van der Waals surface area contributed by atoms with Gasteiger partial charge in [0, 0.05) is 0 Å². The van der Waals surface area contributed by atoms with Gasteiger partial charge in [0.05, 0.1) is 6.10 Å². The van der Waals surface area contributed by atoms with Crippen LogP contribution in [0.1, 0.15) is 25.7 Å². The highest BCUT2D eigenvalue weighted by Gasteiger charge is 2.16. The maximum absolute atomic E-state index is 9.18. The lowest BCUT2D eigenvalue weighted by Crippen LogP contribution is -2.12. The zero-order chi connectivity index (χ0) is 7.23. The molecule has 1 fully saturated rings. The van der Waals surface area contributed by atoms with Gasteiger partial charge in [0.25, 0.3) is 0 Å². The van der Waals surface area contributed by atoms with Crippen molar-refractivity contribution in [1.29, 1.82) is 0 Å². The van der Waals surface area contributed by atoms with Gasteiger partial charge in [-0.1, -0.05) is 12.8 Å². The van der Waals surface area contributed by atoms with Gasteiger partial charge in [-0.3, -0.25) is 5.04 Å². The summed E-state index contributed by atoms with van der Waals surface area (Å²) < 4.78 is 0. The Labute approximate surface area is 58.2 Å². The van der Waals surface area contributed by atoms with E-state index in [-0.39, 0.29) is 6.10 Å². The fraction of sp³-hybridized carbons (Fsp3) is 1.00. The van der Waals surface area contributed by atoms with Crippen molar-refractivity contribution in [3.8, 4) is 0 Å². The van der Waals surface area contributed by atoms with Gasteiger partial charge in [0.15, 0.2) is 0 Å². The molecule has 0 bridgehead atoms. The average molecular weight is 149 g/mol. The van der Waals surface area contributed by atoms with Crippen LogP contribution in [-0.4, -0.2) is 6.10 Å². The zero-order valence-electron chi connectivity index (χ0n) is 5.45. The zero-order valence-corrected chi connectivity index (χ0v) is 5.45. The monoisotopic (exact) mass is 149 g/mol. The molecule has 1 saturated carbocycles. The van der Waals surface area contributed by atoms with Crippen molar-refractivity contribution < 1.29 is 25.3 Å². The molecule has 5 heteroatoms. The molecule has 60 valence electrons. The van der Waals surface area contributed by atoms with Crippen LogP contribution in [0.2, 0.25) is 0 Å². The van der Waals surface area contributed by atoms with E-state index < -0.39 is 0 Å². The molecule has 10 heavy (non-hydrogen) atoms. The molecule has 0 amide bonds. The maximum atomic E-state index is 9.18. The first-order valence-electron chi connectivity index (χ1n) is 3.22. The third-order valence-electron chi connectivity index (χ3n) is 1.53. The van der Waals surface area contributed by atoms with E-state index in [1.165, 1.54) is 0 Å². The van der Waals surface area contributed by atoms with Crippen molar-refractivity contribution in [1.82, 2.24) is 0 Å². The molecule has 0 aromatic heterocycles. The van der Waals surface area contributed by atoms with Gasteiger partial charge in [0.1, 0.15) is 0 Å². The minimum atomic E-state index is 0.0511. The van der Waals surface area contributed by atoms with Crippen LogP contribution in [0, 0.1) is 0 Å². The molecule has 0 aliphatic heterocycles.